The van der Waals surface area contributed by atoms with E-state index in [0.717, 1.165) is 37.9 Å². The van der Waals surface area contributed by atoms with Crippen molar-refractivity contribution in [3.8, 4) is 0 Å². The Bertz CT molecular complexity index is 668. The summed E-state index contributed by atoms with van der Waals surface area (Å²) in [5, 5.41) is 0. The fraction of sp³-hybridized carbons (Fsp3) is 0.571. The fourth-order valence-electron chi connectivity index (χ4n) is 4.36. The van der Waals surface area contributed by atoms with Gasteiger partial charge < -0.3 is 10.5 Å². The number of hydrogen-bond acceptors (Lipinski definition) is 4. The molecule has 0 aromatic heterocycles. The third kappa shape index (κ3) is 5.33. The predicted molar refractivity (Wildman–Crippen MR) is 110 cm³/mol. The van der Waals surface area contributed by atoms with Crippen LogP contribution in [-0.4, -0.2) is 43.4 Å². The van der Waals surface area contributed by atoms with Gasteiger partial charge in [0.2, 0.25) is 6.41 Å². The van der Waals surface area contributed by atoms with Crippen LogP contribution in [0.3, 0.4) is 0 Å². The molecule has 1 fully saturated rings. The first-order valence-electron chi connectivity index (χ1n) is 9.37. The Labute approximate surface area is 166 Å². The van der Waals surface area contributed by atoms with E-state index in [0.29, 0.717) is 29.9 Å². The molecule has 1 amide bonds. The first kappa shape index (κ1) is 21.9. The largest absolute Gasteiger partial charge is 0.381 e. The summed E-state index contributed by atoms with van der Waals surface area (Å²) in [6.07, 6.45) is 3.48. The Morgan fingerprint density at radius 3 is 2.74 bits per heavy atom. The Kier molecular flexibility index (Phi) is 8.32. The van der Waals surface area contributed by atoms with Crippen molar-refractivity contribution in [1.29, 1.82) is 0 Å². The second-order valence-electron chi connectivity index (χ2n) is 7.51. The molecule has 0 bridgehead atoms. The second-order valence-corrected chi connectivity index (χ2v) is 8.02. The van der Waals surface area contributed by atoms with E-state index < -0.39 is 0 Å². The van der Waals surface area contributed by atoms with Gasteiger partial charge in [0.15, 0.2) is 0 Å². The lowest BCUT2D eigenvalue weighted by Gasteiger charge is -2.47. The number of primary amides is 1. The molecule has 2 aliphatic heterocycles. The minimum atomic E-state index is 0.222. The minimum absolute atomic E-state index is 0.222. The van der Waals surface area contributed by atoms with Crippen LogP contribution in [0.2, 0.25) is 0 Å². The third-order valence-electron chi connectivity index (χ3n) is 5.79. The van der Waals surface area contributed by atoms with Gasteiger partial charge in [0, 0.05) is 50.1 Å². The van der Waals surface area contributed by atoms with Crippen molar-refractivity contribution < 1.29 is 13.4 Å². The molecule has 1 saturated heterocycles. The average Bonchev–Trinajstić information content (AvgIpc) is 2.63. The van der Waals surface area contributed by atoms with Crippen LogP contribution in [-0.2, 0) is 16.0 Å². The number of nitrogens with zero attached hydrogens (tertiary/aromatic N) is 1. The molecule has 150 valence electrons. The van der Waals surface area contributed by atoms with Crippen molar-refractivity contribution in [3.63, 3.8) is 0 Å². The highest BCUT2D eigenvalue weighted by Crippen LogP contribution is 2.41. The Balaban J connectivity index is 0.000000817. The van der Waals surface area contributed by atoms with Crippen LogP contribution in [0, 0.1) is 19.8 Å². The molecule has 0 aliphatic carbocycles. The summed E-state index contributed by atoms with van der Waals surface area (Å²) >= 11 is 0.370. The van der Waals surface area contributed by atoms with Crippen molar-refractivity contribution in [3.05, 3.63) is 46.5 Å². The minimum Gasteiger partial charge on any atom is -0.381 e. The maximum absolute atomic E-state index is 12.5. The van der Waals surface area contributed by atoms with E-state index in [1.54, 1.807) is 0 Å². The van der Waals surface area contributed by atoms with Gasteiger partial charge in [0.1, 0.15) is 0 Å². The van der Waals surface area contributed by atoms with E-state index >= 15 is 0 Å². The number of benzene rings is 1. The first-order valence-corrected chi connectivity index (χ1v) is 10.3. The summed E-state index contributed by atoms with van der Waals surface area (Å²) in [6.45, 7) is 10.6. The number of ether oxygens (including phenoxy) is 1. The van der Waals surface area contributed by atoms with E-state index in [2.05, 4.69) is 43.2 Å². The topological polar surface area (TPSA) is 55.6 Å². The summed E-state index contributed by atoms with van der Waals surface area (Å²) < 4.78 is 18.3. The lowest BCUT2D eigenvalue weighted by molar-refractivity contribution is -0.106. The molecule has 2 N–H and O–H groups in total. The van der Waals surface area contributed by atoms with E-state index in [9.17, 15) is 3.89 Å². The molecule has 0 unspecified atom stereocenters. The highest BCUT2D eigenvalue weighted by molar-refractivity contribution is 7.94. The number of fused-ring (bicyclic) bond motifs is 3. The van der Waals surface area contributed by atoms with Crippen molar-refractivity contribution >= 4 is 18.6 Å². The van der Waals surface area contributed by atoms with Crippen molar-refractivity contribution in [2.24, 2.45) is 11.7 Å². The summed E-state index contributed by atoms with van der Waals surface area (Å²) in [5.74, 6) is 0.816. The fourth-order valence-corrected chi connectivity index (χ4v) is 4.63. The number of aryl methyl sites for hydroxylation is 2. The molecule has 2 aliphatic rings. The number of hydrogen-bond donors (Lipinski definition) is 1. The number of halogens is 1. The average molecular weight is 395 g/mol. The standard InChI is InChI=1S/C20H28FNOS.CH3NO/c1-13(12-24-21)7-17-11-22-6-5-16-8-14(2)15(3)9-18(16)19(22)10-20(17)23-4;2-1-3/h8-9,17,19-20H,1,5-7,10-12H2,2-4H3;1H,(H2,2,3)/t17-,19-,20-;/m0./s1. The number of rotatable bonds is 5. The Morgan fingerprint density at radius 2 is 2.11 bits per heavy atom. The molecule has 0 saturated carbocycles. The quantitative estimate of drug-likeness (QED) is 0.608. The number of piperidine rings is 1. The van der Waals surface area contributed by atoms with Crippen LogP contribution < -0.4 is 5.73 Å². The molecule has 2 heterocycles. The smallest absolute Gasteiger partial charge is 0.204 e. The summed E-state index contributed by atoms with van der Waals surface area (Å²) in [7, 11) is 1.81. The monoisotopic (exact) mass is 394 g/mol. The summed E-state index contributed by atoms with van der Waals surface area (Å²) in [4.78, 5) is 11.2. The molecule has 3 atom stereocenters. The summed E-state index contributed by atoms with van der Waals surface area (Å²) in [6, 6.07) is 5.21. The predicted octanol–water partition coefficient (Wildman–Crippen LogP) is 3.90. The lowest BCUT2D eigenvalue weighted by Crippen LogP contribution is -2.48. The Hall–Kier alpha value is -1.37. The molecule has 1 aromatic rings. The lowest BCUT2D eigenvalue weighted by atomic mass is 9.79. The van der Waals surface area contributed by atoms with Crippen molar-refractivity contribution in [1.82, 2.24) is 4.90 Å². The van der Waals surface area contributed by atoms with E-state index in [4.69, 9.17) is 9.53 Å². The van der Waals surface area contributed by atoms with E-state index in [1.165, 1.54) is 22.3 Å². The van der Waals surface area contributed by atoms with Gasteiger partial charge in [-0.05, 0) is 55.4 Å². The maximum Gasteiger partial charge on any atom is 0.204 e. The molecule has 27 heavy (non-hydrogen) atoms. The van der Waals surface area contributed by atoms with Gasteiger partial charge >= 0.3 is 0 Å². The summed E-state index contributed by atoms with van der Waals surface area (Å²) in [5.41, 5.74) is 10.9. The molecular weight excluding hydrogens is 363 g/mol. The van der Waals surface area contributed by atoms with Crippen LogP contribution >= 0.6 is 12.1 Å². The Morgan fingerprint density at radius 1 is 1.44 bits per heavy atom. The molecule has 0 spiro atoms. The number of amides is 1. The number of nitrogens with two attached hydrogens (primary N) is 1. The zero-order valence-electron chi connectivity index (χ0n) is 16.5. The van der Waals surface area contributed by atoms with Crippen LogP contribution in [0.15, 0.2) is 24.3 Å². The van der Waals surface area contributed by atoms with Gasteiger partial charge in [-0.2, -0.15) is 3.89 Å². The maximum atomic E-state index is 12.5. The van der Waals surface area contributed by atoms with E-state index in [1.807, 2.05) is 7.11 Å². The zero-order valence-corrected chi connectivity index (χ0v) is 17.4. The third-order valence-corrected chi connectivity index (χ3v) is 6.30. The van der Waals surface area contributed by atoms with Crippen LogP contribution in [0.4, 0.5) is 3.89 Å². The SMILES string of the molecule is C=C(CSF)C[C@H]1CN2CCc3cc(C)c(C)cc3[C@@H]2C[C@@H]1OC.NC=O. The molecule has 3 rings (SSSR count). The van der Waals surface area contributed by atoms with Crippen molar-refractivity contribution in [2.45, 2.75) is 45.3 Å². The number of carbonyl (C=O) groups excluding carboxylic acids is 1. The first-order chi connectivity index (χ1) is 12.9. The molecule has 1 aromatic carbocycles. The normalized spacial score (nSPS) is 24.2. The molecule has 0 radical (unpaired) electrons. The van der Waals surface area contributed by atoms with Gasteiger partial charge in [0.05, 0.1) is 6.10 Å². The van der Waals surface area contributed by atoms with Crippen LogP contribution in [0.25, 0.3) is 0 Å². The second kappa shape index (κ2) is 10.2. The molecular formula is C21H31FN2O2S. The van der Waals surface area contributed by atoms with Crippen LogP contribution in [0.5, 0.6) is 0 Å². The highest BCUT2D eigenvalue weighted by atomic mass is 32.2. The van der Waals surface area contributed by atoms with Gasteiger partial charge in [-0.1, -0.05) is 24.3 Å². The van der Waals surface area contributed by atoms with E-state index in [-0.39, 0.29) is 12.5 Å². The number of methoxy groups -OCH3 is 1. The van der Waals surface area contributed by atoms with Gasteiger partial charge in [-0.15, -0.1) is 0 Å². The highest BCUT2D eigenvalue weighted by Gasteiger charge is 2.39. The number of carbonyl (C=O) groups is 1. The zero-order chi connectivity index (χ0) is 20.0. The van der Waals surface area contributed by atoms with Gasteiger partial charge in [-0.25, -0.2) is 0 Å². The molecule has 4 nitrogen and oxygen atoms in total. The van der Waals surface area contributed by atoms with Crippen molar-refractivity contribution in [2.75, 3.05) is 26.0 Å². The van der Waals surface area contributed by atoms with Gasteiger partial charge in [0.25, 0.3) is 0 Å². The van der Waals surface area contributed by atoms with Gasteiger partial charge in [-0.3, -0.25) is 9.69 Å². The molecule has 6 heteroatoms. The van der Waals surface area contributed by atoms with Crippen LogP contribution in [0.1, 0.15) is 41.1 Å².